The molecule has 0 aliphatic rings. The summed E-state index contributed by atoms with van der Waals surface area (Å²) >= 11 is 5.84. The van der Waals surface area contributed by atoms with E-state index in [0.29, 0.717) is 10.7 Å². The van der Waals surface area contributed by atoms with E-state index in [4.69, 9.17) is 16.3 Å². The van der Waals surface area contributed by atoms with E-state index >= 15 is 0 Å². The number of ether oxygens (including phenoxy) is 1. The van der Waals surface area contributed by atoms with Crippen molar-refractivity contribution in [2.75, 3.05) is 12.5 Å². The van der Waals surface area contributed by atoms with Gasteiger partial charge in [-0.15, -0.1) is 0 Å². The Bertz CT molecular complexity index is 935. The zero-order chi connectivity index (χ0) is 17.6. The summed E-state index contributed by atoms with van der Waals surface area (Å²) in [5, 5.41) is 4.73. The lowest BCUT2D eigenvalue weighted by Gasteiger charge is -2.05. The summed E-state index contributed by atoms with van der Waals surface area (Å²) in [7, 11) is 1.60. The van der Waals surface area contributed by atoms with Crippen LogP contribution in [-0.4, -0.2) is 23.3 Å². The van der Waals surface area contributed by atoms with E-state index in [1.165, 1.54) is 6.07 Å². The van der Waals surface area contributed by atoms with Crippen molar-refractivity contribution in [1.82, 2.24) is 9.97 Å². The number of hydrazone groups is 1. The van der Waals surface area contributed by atoms with Crippen molar-refractivity contribution < 1.29 is 4.74 Å². The van der Waals surface area contributed by atoms with Gasteiger partial charge in [0.1, 0.15) is 5.75 Å². The number of aromatic nitrogens is 2. The highest BCUT2D eigenvalue weighted by atomic mass is 35.5. The van der Waals surface area contributed by atoms with Crippen LogP contribution in [0.1, 0.15) is 5.56 Å². The first-order chi connectivity index (χ1) is 12.1. The van der Waals surface area contributed by atoms with Crippen molar-refractivity contribution >= 4 is 23.8 Å². The zero-order valence-corrected chi connectivity index (χ0v) is 14.1. The molecule has 3 aromatic rings. The Morgan fingerprint density at radius 2 is 1.88 bits per heavy atom. The van der Waals surface area contributed by atoms with Gasteiger partial charge >= 0.3 is 0 Å². The summed E-state index contributed by atoms with van der Waals surface area (Å²) < 4.78 is 5.13. The highest BCUT2D eigenvalue weighted by Gasteiger charge is 2.04. The predicted octanol–water partition coefficient (Wildman–Crippen LogP) is 3.54. The van der Waals surface area contributed by atoms with Crippen LogP contribution in [-0.2, 0) is 0 Å². The largest absolute Gasteiger partial charge is 0.497 e. The van der Waals surface area contributed by atoms with Gasteiger partial charge in [0.15, 0.2) is 0 Å². The number of anilines is 1. The van der Waals surface area contributed by atoms with Crippen LogP contribution in [0.5, 0.6) is 5.75 Å². The fourth-order valence-corrected chi connectivity index (χ4v) is 2.26. The van der Waals surface area contributed by atoms with Gasteiger partial charge in [-0.3, -0.25) is 9.78 Å². The molecule has 0 spiro atoms. The molecule has 0 aliphatic heterocycles. The van der Waals surface area contributed by atoms with E-state index in [2.05, 4.69) is 20.5 Å². The average molecular weight is 355 g/mol. The molecule has 0 saturated carbocycles. The van der Waals surface area contributed by atoms with E-state index in [9.17, 15) is 4.79 Å². The Kier molecular flexibility index (Phi) is 5.11. The summed E-state index contributed by atoms with van der Waals surface area (Å²) in [6, 6.07) is 15.9. The minimum atomic E-state index is -0.273. The molecule has 0 atom stereocenters. The van der Waals surface area contributed by atoms with E-state index in [1.807, 2.05) is 36.4 Å². The van der Waals surface area contributed by atoms with Crippen molar-refractivity contribution in [3.8, 4) is 17.0 Å². The lowest BCUT2D eigenvalue weighted by atomic mass is 10.1. The normalized spacial score (nSPS) is 10.8. The molecule has 126 valence electrons. The van der Waals surface area contributed by atoms with Crippen molar-refractivity contribution in [2.45, 2.75) is 0 Å². The smallest absolute Gasteiger partial charge is 0.252 e. The molecule has 1 heterocycles. The quantitative estimate of drug-likeness (QED) is 0.542. The fraction of sp³-hybridized carbons (Fsp3) is 0.0556. The van der Waals surface area contributed by atoms with Crippen LogP contribution in [0.3, 0.4) is 0 Å². The molecule has 6 nitrogen and oxygen atoms in total. The molecule has 7 heteroatoms. The van der Waals surface area contributed by atoms with Gasteiger partial charge in [0.25, 0.3) is 5.56 Å². The molecule has 0 aliphatic carbocycles. The first-order valence-electron chi connectivity index (χ1n) is 7.44. The number of nitrogens with zero attached hydrogens (tertiary/aromatic N) is 2. The zero-order valence-electron chi connectivity index (χ0n) is 13.4. The first-order valence-corrected chi connectivity index (χ1v) is 7.82. The number of nitrogens with one attached hydrogen (secondary N) is 2. The molecule has 0 bridgehead atoms. The summed E-state index contributed by atoms with van der Waals surface area (Å²) in [5.41, 5.74) is 4.66. The Labute approximate surface area is 149 Å². The molecule has 0 unspecified atom stereocenters. The third-order valence-corrected chi connectivity index (χ3v) is 3.63. The van der Waals surface area contributed by atoms with Crippen LogP contribution in [0, 0.1) is 0 Å². The van der Waals surface area contributed by atoms with Gasteiger partial charge < -0.3 is 4.74 Å². The number of methoxy groups -OCH3 is 1. The molecule has 0 radical (unpaired) electrons. The van der Waals surface area contributed by atoms with Gasteiger partial charge in [-0.1, -0.05) is 23.7 Å². The second-order valence-corrected chi connectivity index (χ2v) is 5.57. The summed E-state index contributed by atoms with van der Waals surface area (Å²) in [4.78, 5) is 18.8. The van der Waals surface area contributed by atoms with Gasteiger partial charge in [-0.2, -0.15) is 5.10 Å². The second-order valence-electron chi connectivity index (χ2n) is 5.13. The maximum absolute atomic E-state index is 11.9. The van der Waals surface area contributed by atoms with Crippen molar-refractivity contribution in [3.63, 3.8) is 0 Å². The number of halogens is 1. The van der Waals surface area contributed by atoms with Crippen LogP contribution in [0.4, 0.5) is 5.95 Å². The van der Waals surface area contributed by atoms with Crippen molar-refractivity contribution in [2.24, 2.45) is 5.10 Å². The highest BCUT2D eigenvalue weighted by molar-refractivity contribution is 6.30. The lowest BCUT2D eigenvalue weighted by Crippen LogP contribution is -2.10. The molecule has 1 aromatic heterocycles. The number of aromatic amines is 1. The Morgan fingerprint density at radius 3 is 2.56 bits per heavy atom. The van der Waals surface area contributed by atoms with Gasteiger partial charge in [0, 0.05) is 16.7 Å². The minimum absolute atomic E-state index is 0.253. The number of H-pyrrole nitrogens is 1. The highest BCUT2D eigenvalue weighted by Crippen LogP contribution is 2.20. The predicted molar refractivity (Wildman–Crippen MR) is 99.5 cm³/mol. The summed E-state index contributed by atoms with van der Waals surface area (Å²) in [6.07, 6.45) is 1.61. The minimum Gasteiger partial charge on any atom is -0.497 e. The fourth-order valence-electron chi connectivity index (χ4n) is 2.14. The second kappa shape index (κ2) is 7.63. The molecular weight excluding hydrogens is 340 g/mol. The third kappa shape index (κ3) is 4.45. The molecule has 0 amide bonds. The van der Waals surface area contributed by atoms with E-state index in [0.717, 1.165) is 16.9 Å². The van der Waals surface area contributed by atoms with Crippen molar-refractivity contribution in [1.29, 1.82) is 0 Å². The van der Waals surface area contributed by atoms with Crippen molar-refractivity contribution in [3.05, 3.63) is 75.5 Å². The molecule has 0 fully saturated rings. The molecular formula is C18H15ClN4O2. The molecule has 25 heavy (non-hydrogen) atoms. The molecule has 2 aromatic carbocycles. The number of hydrogen-bond acceptors (Lipinski definition) is 5. The van der Waals surface area contributed by atoms with E-state index < -0.39 is 0 Å². The Hall–Kier alpha value is -3.12. The maximum Gasteiger partial charge on any atom is 0.252 e. The molecule has 2 N–H and O–H groups in total. The third-order valence-electron chi connectivity index (χ3n) is 3.38. The maximum atomic E-state index is 11.9. The van der Waals surface area contributed by atoms with Crippen LogP contribution >= 0.6 is 11.6 Å². The van der Waals surface area contributed by atoms with Gasteiger partial charge in [-0.05, 0) is 42.0 Å². The van der Waals surface area contributed by atoms with Gasteiger partial charge in [0.05, 0.1) is 19.0 Å². The van der Waals surface area contributed by atoms with Gasteiger partial charge in [-0.25, -0.2) is 10.4 Å². The molecule has 0 saturated heterocycles. The first kappa shape index (κ1) is 16.7. The van der Waals surface area contributed by atoms with Crippen LogP contribution in [0.2, 0.25) is 5.02 Å². The number of benzene rings is 2. The van der Waals surface area contributed by atoms with E-state index in [-0.39, 0.29) is 11.5 Å². The van der Waals surface area contributed by atoms with E-state index in [1.54, 1.807) is 25.5 Å². The van der Waals surface area contributed by atoms with Crippen LogP contribution in [0.25, 0.3) is 11.3 Å². The molecule has 3 rings (SSSR count). The topological polar surface area (TPSA) is 79.4 Å². The summed E-state index contributed by atoms with van der Waals surface area (Å²) in [6.45, 7) is 0. The van der Waals surface area contributed by atoms with Crippen LogP contribution < -0.4 is 15.7 Å². The Morgan fingerprint density at radius 1 is 1.16 bits per heavy atom. The van der Waals surface area contributed by atoms with Gasteiger partial charge in [0.2, 0.25) is 5.95 Å². The monoisotopic (exact) mass is 354 g/mol. The average Bonchev–Trinajstić information content (AvgIpc) is 2.63. The SMILES string of the molecule is COc1ccc(-c2cc(=O)[nH]c(N/N=C\c3ccc(Cl)cc3)n2)cc1. The number of hydrogen-bond donors (Lipinski definition) is 2. The van der Waals surface area contributed by atoms with Crippen LogP contribution in [0.15, 0.2) is 64.5 Å². The lowest BCUT2D eigenvalue weighted by molar-refractivity contribution is 0.415. The standard InChI is InChI=1S/C18H15ClN4O2/c1-25-15-8-4-13(5-9-15)16-10-17(24)22-18(21-16)23-20-11-12-2-6-14(19)7-3-12/h2-11H,1H3,(H2,21,22,23,24)/b20-11-. The number of rotatable bonds is 5. The summed E-state index contributed by atoms with van der Waals surface area (Å²) in [5.74, 6) is 0.989. The Balaban J connectivity index is 1.79.